The molecule has 0 bridgehead atoms. The van der Waals surface area contributed by atoms with Crippen LogP contribution in [0.2, 0.25) is 5.02 Å². The van der Waals surface area contributed by atoms with E-state index >= 15 is 0 Å². The van der Waals surface area contributed by atoms with Crippen molar-refractivity contribution in [3.63, 3.8) is 0 Å². The lowest BCUT2D eigenvalue weighted by Gasteiger charge is -2.16. The first kappa shape index (κ1) is 21.6. The summed E-state index contributed by atoms with van der Waals surface area (Å²) in [6.07, 6.45) is 0.858. The Hall–Kier alpha value is -3.64. The average Bonchev–Trinajstić information content (AvgIpc) is 3.03. The molecule has 1 aliphatic rings. The number of rotatable bonds is 7. The third-order valence-corrected chi connectivity index (χ3v) is 5.21. The van der Waals surface area contributed by atoms with Crippen molar-refractivity contribution in [1.29, 1.82) is 0 Å². The molecular formula is C25H20ClFN2O3. The molecule has 3 aromatic carbocycles. The molecule has 5 nitrogen and oxygen atoms in total. The molecule has 7 heteroatoms. The van der Waals surface area contributed by atoms with E-state index in [9.17, 15) is 14.0 Å². The Morgan fingerprint density at radius 1 is 0.969 bits per heavy atom. The van der Waals surface area contributed by atoms with Gasteiger partial charge in [-0.15, -0.1) is 0 Å². The van der Waals surface area contributed by atoms with Crippen molar-refractivity contribution in [3.8, 4) is 5.75 Å². The number of hydrogen-bond acceptors (Lipinski definition) is 4. The van der Waals surface area contributed by atoms with Gasteiger partial charge in [-0.05, 0) is 48.4 Å². The molecule has 162 valence electrons. The molecule has 0 atom stereocenters. The number of benzene rings is 3. The Labute approximate surface area is 190 Å². The lowest BCUT2D eigenvalue weighted by Crippen LogP contribution is -2.32. The van der Waals surface area contributed by atoms with Crippen molar-refractivity contribution in [1.82, 2.24) is 0 Å². The summed E-state index contributed by atoms with van der Waals surface area (Å²) in [5.74, 6) is -0.900. The fraction of sp³-hybridized carbons (Fsp3) is 0.120. The Morgan fingerprint density at radius 2 is 1.72 bits per heavy atom. The maximum Gasteiger partial charge on any atom is 0.282 e. The SMILES string of the molecule is CCCOc1cccc(NC2=C(c3ccc(F)cc3)C(=O)N(c3ccccc3Cl)C2=O)c1. The van der Waals surface area contributed by atoms with Crippen LogP contribution >= 0.6 is 11.6 Å². The van der Waals surface area contributed by atoms with Crippen LogP contribution in [0, 0.1) is 5.82 Å². The van der Waals surface area contributed by atoms with Gasteiger partial charge in [0, 0.05) is 11.8 Å². The Kier molecular flexibility index (Phi) is 6.23. The summed E-state index contributed by atoms with van der Waals surface area (Å²) in [5, 5.41) is 3.34. The predicted octanol–water partition coefficient (Wildman–Crippen LogP) is 5.66. The Morgan fingerprint density at radius 3 is 2.44 bits per heavy atom. The van der Waals surface area contributed by atoms with Crippen LogP contribution in [0.15, 0.2) is 78.5 Å². The molecular weight excluding hydrogens is 431 g/mol. The van der Waals surface area contributed by atoms with Gasteiger partial charge >= 0.3 is 0 Å². The first-order valence-corrected chi connectivity index (χ1v) is 10.5. The summed E-state index contributed by atoms with van der Waals surface area (Å²) < 4.78 is 19.2. The van der Waals surface area contributed by atoms with E-state index in [0.717, 1.165) is 11.3 Å². The molecule has 0 saturated heterocycles. The van der Waals surface area contributed by atoms with Gasteiger partial charge in [-0.1, -0.05) is 48.9 Å². The Balaban J connectivity index is 1.78. The number of amides is 2. The second kappa shape index (κ2) is 9.24. The summed E-state index contributed by atoms with van der Waals surface area (Å²) in [6.45, 7) is 2.57. The Bertz CT molecular complexity index is 1210. The van der Waals surface area contributed by atoms with E-state index in [2.05, 4.69) is 5.32 Å². The zero-order chi connectivity index (χ0) is 22.7. The first-order valence-electron chi connectivity index (χ1n) is 10.1. The molecule has 32 heavy (non-hydrogen) atoms. The lowest BCUT2D eigenvalue weighted by atomic mass is 10.0. The van der Waals surface area contributed by atoms with Crippen molar-refractivity contribution >= 4 is 40.4 Å². The van der Waals surface area contributed by atoms with E-state index in [1.807, 2.05) is 13.0 Å². The zero-order valence-corrected chi connectivity index (χ0v) is 18.0. The number of carbonyl (C=O) groups is 2. The number of nitrogens with zero attached hydrogens (tertiary/aromatic N) is 1. The monoisotopic (exact) mass is 450 g/mol. The minimum absolute atomic E-state index is 0.0779. The highest BCUT2D eigenvalue weighted by molar-refractivity contribution is 6.48. The van der Waals surface area contributed by atoms with Crippen LogP contribution in [0.5, 0.6) is 5.75 Å². The van der Waals surface area contributed by atoms with Crippen LogP contribution in [-0.2, 0) is 9.59 Å². The topological polar surface area (TPSA) is 58.6 Å². The summed E-state index contributed by atoms with van der Waals surface area (Å²) in [5.41, 5.74) is 1.49. The zero-order valence-electron chi connectivity index (χ0n) is 17.3. The van der Waals surface area contributed by atoms with Crippen LogP contribution < -0.4 is 15.0 Å². The largest absolute Gasteiger partial charge is 0.494 e. The summed E-state index contributed by atoms with van der Waals surface area (Å²) >= 11 is 6.28. The minimum Gasteiger partial charge on any atom is -0.494 e. The predicted molar refractivity (Wildman–Crippen MR) is 123 cm³/mol. The van der Waals surface area contributed by atoms with Crippen molar-refractivity contribution in [2.45, 2.75) is 13.3 Å². The van der Waals surface area contributed by atoms with E-state index in [1.54, 1.807) is 42.5 Å². The molecule has 0 fully saturated rings. The number of hydrogen-bond donors (Lipinski definition) is 1. The first-order chi connectivity index (χ1) is 15.5. The van der Waals surface area contributed by atoms with Crippen molar-refractivity contribution in [2.24, 2.45) is 0 Å². The number of nitrogens with one attached hydrogen (secondary N) is 1. The molecule has 2 amide bonds. The van der Waals surface area contributed by atoms with Gasteiger partial charge in [-0.25, -0.2) is 9.29 Å². The van der Waals surface area contributed by atoms with E-state index in [0.29, 0.717) is 23.6 Å². The maximum atomic E-state index is 13.5. The highest BCUT2D eigenvalue weighted by atomic mass is 35.5. The molecule has 4 rings (SSSR count). The summed E-state index contributed by atoms with van der Waals surface area (Å²) in [7, 11) is 0. The number of imide groups is 1. The van der Waals surface area contributed by atoms with Gasteiger partial charge in [0.1, 0.15) is 17.3 Å². The highest BCUT2D eigenvalue weighted by Crippen LogP contribution is 2.37. The van der Waals surface area contributed by atoms with E-state index < -0.39 is 17.6 Å². The molecule has 1 N–H and O–H groups in total. The van der Waals surface area contributed by atoms with Gasteiger partial charge in [-0.2, -0.15) is 0 Å². The number of anilines is 2. The third-order valence-electron chi connectivity index (χ3n) is 4.89. The lowest BCUT2D eigenvalue weighted by molar-refractivity contribution is -0.120. The quantitative estimate of drug-likeness (QED) is 0.471. The van der Waals surface area contributed by atoms with Crippen LogP contribution in [0.4, 0.5) is 15.8 Å². The van der Waals surface area contributed by atoms with Gasteiger partial charge in [0.05, 0.1) is 22.9 Å². The highest BCUT2D eigenvalue weighted by Gasteiger charge is 2.41. The normalized spacial score (nSPS) is 13.7. The number of ether oxygens (including phenoxy) is 1. The fourth-order valence-electron chi connectivity index (χ4n) is 3.41. The van der Waals surface area contributed by atoms with Gasteiger partial charge < -0.3 is 10.1 Å². The molecule has 0 saturated carbocycles. The van der Waals surface area contributed by atoms with Crippen LogP contribution in [0.3, 0.4) is 0 Å². The van der Waals surface area contributed by atoms with Gasteiger partial charge in [-0.3, -0.25) is 9.59 Å². The fourth-order valence-corrected chi connectivity index (χ4v) is 3.63. The standard InChI is InChI=1S/C25H20ClFN2O3/c1-2-14-32-19-7-5-6-18(15-19)28-23-22(16-10-12-17(27)13-11-16)24(30)29(25(23)31)21-9-4-3-8-20(21)26/h3-13,15,28H,2,14H2,1H3. The summed E-state index contributed by atoms with van der Waals surface area (Å²) in [6, 6.07) is 19.2. The van der Waals surface area contributed by atoms with Gasteiger partial charge in [0.25, 0.3) is 11.8 Å². The van der Waals surface area contributed by atoms with Crippen molar-refractivity contribution in [2.75, 3.05) is 16.8 Å². The van der Waals surface area contributed by atoms with Crippen molar-refractivity contribution in [3.05, 3.63) is 94.9 Å². The van der Waals surface area contributed by atoms with Gasteiger partial charge in [0.2, 0.25) is 0 Å². The maximum absolute atomic E-state index is 13.5. The number of carbonyl (C=O) groups excluding carboxylic acids is 2. The molecule has 0 aromatic heterocycles. The third kappa shape index (κ3) is 4.22. The number of halogens is 2. The van der Waals surface area contributed by atoms with Gasteiger partial charge in [0.15, 0.2) is 0 Å². The smallest absolute Gasteiger partial charge is 0.282 e. The van der Waals surface area contributed by atoms with Crippen LogP contribution in [-0.4, -0.2) is 18.4 Å². The molecule has 0 unspecified atom stereocenters. The molecule has 0 aliphatic carbocycles. The van der Waals surface area contributed by atoms with Crippen LogP contribution in [0.1, 0.15) is 18.9 Å². The molecule has 0 spiro atoms. The second-order valence-corrected chi connectivity index (χ2v) is 7.56. The summed E-state index contributed by atoms with van der Waals surface area (Å²) in [4.78, 5) is 27.8. The van der Waals surface area contributed by atoms with Crippen molar-refractivity contribution < 1.29 is 18.7 Å². The minimum atomic E-state index is -0.553. The van der Waals surface area contributed by atoms with E-state index in [1.165, 1.54) is 24.3 Å². The number of para-hydroxylation sites is 1. The van der Waals surface area contributed by atoms with E-state index in [4.69, 9.17) is 16.3 Å². The van der Waals surface area contributed by atoms with Crippen LogP contribution in [0.25, 0.3) is 5.57 Å². The molecule has 1 heterocycles. The molecule has 3 aromatic rings. The molecule has 1 aliphatic heterocycles. The molecule has 0 radical (unpaired) electrons. The second-order valence-electron chi connectivity index (χ2n) is 7.16. The van der Waals surface area contributed by atoms with E-state index in [-0.39, 0.29) is 22.0 Å². The average molecular weight is 451 g/mol.